The largest absolute Gasteiger partial charge is 0.369 e. The molecule has 1 aromatic carbocycles. The summed E-state index contributed by atoms with van der Waals surface area (Å²) in [5.41, 5.74) is 1.25. The Morgan fingerprint density at radius 1 is 1.14 bits per heavy atom. The van der Waals surface area contributed by atoms with E-state index >= 15 is 0 Å². The second-order valence-electron chi connectivity index (χ2n) is 7.32. The fourth-order valence-electron chi connectivity index (χ4n) is 3.79. The fourth-order valence-corrected chi connectivity index (χ4v) is 3.79. The predicted octanol–water partition coefficient (Wildman–Crippen LogP) is 2.37. The lowest BCUT2D eigenvalue weighted by Crippen LogP contribution is -2.51. The van der Waals surface area contributed by atoms with E-state index < -0.39 is 0 Å². The van der Waals surface area contributed by atoms with Gasteiger partial charge in [-0.05, 0) is 38.3 Å². The number of guanidine groups is 1. The summed E-state index contributed by atoms with van der Waals surface area (Å²) in [5.74, 6) is 0.602. The van der Waals surface area contributed by atoms with Crippen LogP contribution < -0.4 is 15.5 Å². The smallest absolute Gasteiger partial charge is 0.229 e. The van der Waals surface area contributed by atoms with Gasteiger partial charge < -0.3 is 15.5 Å². The van der Waals surface area contributed by atoms with Crippen molar-refractivity contribution in [2.45, 2.75) is 45.1 Å². The van der Waals surface area contributed by atoms with Crippen molar-refractivity contribution in [3.8, 4) is 0 Å². The SMILES string of the molecule is CCNC(=NCCN1C(=O)CCCC1=O)NC1CCCN(c2ccccc2)C1.I. The molecule has 0 radical (unpaired) electrons. The maximum atomic E-state index is 11.9. The molecule has 2 saturated heterocycles. The number of imide groups is 1. The van der Waals surface area contributed by atoms with Gasteiger partial charge in [0.15, 0.2) is 5.96 Å². The summed E-state index contributed by atoms with van der Waals surface area (Å²) in [6, 6.07) is 10.8. The first-order valence-corrected chi connectivity index (χ1v) is 10.4. The summed E-state index contributed by atoms with van der Waals surface area (Å²) in [6.45, 7) is 5.57. The molecule has 0 saturated carbocycles. The third kappa shape index (κ3) is 6.87. The number of anilines is 1. The number of aliphatic imine (C=N–C) groups is 1. The van der Waals surface area contributed by atoms with Crippen LogP contribution in [0.5, 0.6) is 0 Å². The van der Waals surface area contributed by atoms with Crippen molar-refractivity contribution < 1.29 is 9.59 Å². The molecule has 1 unspecified atom stereocenters. The number of rotatable bonds is 6. The monoisotopic (exact) mass is 513 g/mol. The average molecular weight is 513 g/mol. The van der Waals surface area contributed by atoms with Crippen molar-refractivity contribution in [1.29, 1.82) is 0 Å². The van der Waals surface area contributed by atoms with Gasteiger partial charge in [-0.2, -0.15) is 0 Å². The van der Waals surface area contributed by atoms with Gasteiger partial charge in [0.1, 0.15) is 0 Å². The normalized spacial score (nSPS) is 20.3. The number of amides is 2. The van der Waals surface area contributed by atoms with Crippen LogP contribution in [0.25, 0.3) is 0 Å². The van der Waals surface area contributed by atoms with E-state index in [1.165, 1.54) is 10.6 Å². The van der Waals surface area contributed by atoms with Gasteiger partial charge in [-0.15, -0.1) is 24.0 Å². The molecule has 29 heavy (non-hydrogen) atoms. The lowest BCUT2D eigenvalue weighted by Gasteiger charge is -2.35. The zero-order valence-electron chi connectivity index (χ0n) is 17.1. The highest BCUT2D eigenvalue weighted by Gasteiger charge is 2.25. The molecule has 0 bridgehead atoms. The van der Waals surface area contributed by atoms with Crippen LogP contribution in [-0.4, -0.2) is 61.4 Å². The molecule has 0 aromatic heterocycles. The maximum Gasteiger partial charge on any atom is 0.229 e. The number of hydrogen-bond acceptors (Lipinski definition) is 4. The maximum absolute atomic E-state index is 11.9. The highest BCUT2D eigenvalue weighted by Crippen LogP contribution is 2.19. The zero-order chi connectivity index (χ0) is 19.8. The first-order valence-electron chi connectivity index (χ1n) is 10.4. The van der Waals surface area contributed by atoms with Crippen molar-refractivity contribution in [2.75, 3.05) is 37.6 Å². The number of halogens is 1. The van der Waals surface area contributed by atoms with Crippen LogP contribution in [0, 0.1) is 0 Å². The minimum atomic E-state index is -0.0739. The molecule has 8 heteroatoms. The number of likely N-dealkylation sites (tertiary alicyclic amines) is 1. The molecule has 2 heterocycles. The second kappa shape index (κ2) is 12.0. The van der Waals surface area contributed by atoms with Crippen molar-refractivity contribution in [3.05, 3.63) is 30.3 Å². The van der Waals surface area contributed by atoms with E-state index in [2.05, 4.69) is 44.8 Å². The van der Waals surface area contributed by atoms with Crippen molar-refractivity contribution in [1.82, 2.24) is 15.5 Å². The van der Waals surface area contributed by atoms with Gasteiger partial charge in [-0.3, -0.25) is 19.5 Å². The third-order valence-corrected chi connectivity index (χ3v) is 5.20. The van der Waals surface area contributed by atoms with E-state index in [0.29, 0.717) is 38.4 Å². The molecule has 160 valence electrons. The molecule has 2 aliphatic rings. The van der Waals surface area contributed by atoms with Gasteiger partial charge >= 0.3 is 0 Å². The van der Waals surface area contributed by atoms with Gasteiger partial charge in [-0.25, -0.2) is 0 Å². The Kier molecular flexibility index (Phi) is 9.69. The predicted molar refractivity (Wildman–Crippen MR) is 127 cm³/mol. The Bertz CT molecular complexity index is 682. The molecule has 2 N–H and O–H groups in total. The van der Waals surface area contributed by atoms with Crippen molar-refractivity contribution in [2.24, 2.45) is 4.99 Å². The van der Waals surface area contributed by atoms with Crippen LogP contribution in [0.2, 0.25) is 0 Å². The highest BCUT2D eigenvalue weighted by molar-refractivity contribution is 14.0. The van der Waals surface area contributed by atoms with Gasteiger partial charge in [0.25, 0.3) is 0 Å². The van der Waals surface area contributed by atoms with E-state index in [4.69, 9.17) is 0 Å². The Morgan fingerprint density at radius 3 is 2.55 bits per heavy atom. The number of piperidine rings is 2. The topological polar surface area (TPSA) is 77.0 Å². The Labute approximate surface area is 190 Å². The van der Waals surface area contributed by atoms with Crippen LogP contribution in [-0.2, 0) is 9.59 Å². The molecule has 0 aliphatic carbocycles. The Morgan fingerprint density at radius 2 is 1.86 bits per heavy atom. The molecule has 0 spiro atoms. The molecule has 2 amide bonds. The molecule has 3 rings (SSSR count). The quantitative estimate of drug-likeness (QED) is 0.265. The summed E-state index contributed by atoms with van der Waals surface area (Å²) in [6.07, 6.45) is 3.82. The molecule has 7 nitrogen and oxygen atoms in total. The molecule has 2 aliphatic heterocycles. The molecular weight excluding hydrogens is 481 g/mol. The first kappa shape index (κ1) is 23.4. The van der Waals surface area contributed by atoms with Crippen molar-refractivity contribution >= 4 is 47.4 Å². The van der Waals surface area contributed by atoms with Gasteiger partial charge in [0, 0.05) is 50.7 Å². The minimum absolute atomic E-state index is 0. The van der Waals surface area contributed by atoms with E-state index in [1.54, 1.807) is 0 Å². The molecule has 1 atom stereocenters. The summed E-state index contributed by atoms with van der Waals surface area (Å²) in [7, 11) is 0. The molecule has 2 fully saturated rings. The van der Waals surface area contributed by atoms with Crippen molar-refractivity contribution in [3.63, 3.8) is 0 Å². The summed E-state index contributed by atoms with van der Waals surface area (Å²) >= 11 is 0. The first-order chi connectivity index (χ1) is 13.7. The van der Waals surface area contributed by atoms with Crippen LogP contribution >= 0.6 is 24.0 Å². The van der Waals surface area contributed by atoms with E-state index in [1.807, 2.05) is 13.0 Å². The van der Waals surface area contributed by atoms with Gasteiger partial charge in [0.2, 0.25) is 11.8 Å². The van der Waals surface area contributed by atoms with Gasteiger partial charge in [0.05, 0.1) is 6.54 Å². The van der Waals surface area contributed by atoms with Crippen LogP contribution in [0.4, 0.5) is 5.69 Å². The summed E-state index contributed by atoms with van der Waals surface area (Å²) in [4.78, 5) is 32.2. The highest BCUT2D eigenvalue weighted by atomic mass is 127. The van der Waals surface area contributed by atoms with E-state index in [9.17, 15) is 9.59 Å². The zero-order valence-corrected chi connectivity index (χ0v) is 19.4. The van der Waals surface area contributed by atoms with E-state index in [-0.39, 0.29) is 35.8 Å². The lowest BCUT2D eigenvalue weighted by atomic mass is 10.1. The number of carbonyl (C=O) groups excluding carboxylic acids is 2. The molecular formula is C21H32IN5O2. The van der Waals surface area contributed by atoms with Crippen LogP contribution in [0.1, 0.15) is 39.0 Å². The van der Waals surface area contributed by atoms with Gasteiger partial charge in [-0.1, -0.05) is 18.2 Å². The number of carbonyl (C=O) groups is 2. The summed E-state index contributed by atoms with van der Waals surface area (Å²) in [5, 5.41) is 6.80. The second-order valence-corrected chi connectivity index (χ2v) is 7.32. The number of para-hydroxylation sites is 1. The Balaban J connectivity index is 0.00000300. The number of hydrogen-bond donors (Lipinski definition) is 2. The Hall–Kier alpha value is -1.84. The molecule has 1 aromatic rings. The standard InChI is InChI=1S/C21H31N5O2.HI/c1-2-22-21(23-13-15-26-19(27)11-6-12-20(26)28)24-17-8-7-14-25(16-17)18-9-4-3-5-10-18;/h3-5,9-10,17H,2,6-8,11-16H2,1H3,(H2,22,23,24);1H. The average Bonchev–Trinajstić information content (AvgIpc) is 2.71. The summed E-state index contributed by atoms with van der Waals surface area (Å²) < 4.78 is 0. The van der Waals surface area contributed by atoms with Crippen LogP contribution in [0.3, 0.4) is 0 Å². The van der Waals surface area contributed by atoms with Crippen LogP contribution in [0.15, 0.2) is 35.3 Å². The minimum Gasteiger partial charge on any atom is -0.369 e. The lowest BCUT2D eigenvalue weighted by molar-refractivity contribution is -0.147. The number of nitrogens with zero attached hydrogens (tertiary/aromatic N) is 3. The number of nitrogens with one attached hydrogen (secondary N) is 2. The fraction of sp³-hybridized carbons (Fsp3) is 0.571. The third-order valence-electron chi connectivity index (χ3n) is 5.20. The number of benzene rings is 1. The van der Waals surface area contributed by atoms with E-state index in [0.717, 1.165) is 38.4 Å².